The molecule has 0 fully saturated rings. The lowest BCUT2D eigenvalue weighted by Gasteiger charge is -2.17. The van der Waals surface area contributed by atoms with Gasteiger partial charge in [0.05, 0.1) is 39.4 Å². The van der Waals surface area contributed by atoms with Gasteiger partial charge in [-0.05, 0) is 61.0 Å². The average Bonchev–Trinajstić information content (AvgIpc) is 3.10. The highest BCUT2D eigenvalue weighted by molar-refractivity contribution is 8.00. The maximum absolute atomic E-state index is 13.7. The molecule has 0 bridgehead atoms. The van der Waals surface area contributed by atoms with Gasteiger partial charge in [-0.25, -0.2) is 0 Å². The second-order valence-corrected chi connectivity index (χ2v) is 11.3. The molecule has 10 nitrogen and oxygen atoms in total. The summed E-state index contributed by atoms with van der Waals surface area (Å²) in [6.45, 7) is 1.92. The Hall–Kier alpha value is -5.42. The molecule has 4 rings (SSSR count). The number of nitrogens with one attached hydrogen (secondary N) is 3. The Kier molecular flexibility index (Phi) is 12.3. The number of anilines is 2. The van der Waals surface area contributed by atoms with Gasteiger partial charge in [-0.2, -0.15) is 0 Å². The molecule has 0 saturated heterocycles. The third kappa shape index (κ3) is 9.08. The smallest absolute Gasteiger partial charge is 0.272 e. The summed E-state index contributed by atoms with van der Waals surface area (Å²) in [4.78, 5) is 40.9. The second kappa shape index (κ2) is 16.8. The van der Waals surface area contributed by atoms with E-state index in [2.05, 4.69) is 16.0 Å². The van der Waals surface area contributed by atoms with Crippen LogP contribution in [0.5, 0.6) is 23.0 Å². The predicted octanol–water partition coefficient (Wildman–Crippen LogP) is 6.64. The Morgan fingerprint density at radius 1 is 0.766 bits per heavy atom. The molecule has 47 heavy (non-hydrogen) atoms. The van der Waals surface area contributed by atoms with E-state index in [9.17, 15) is 14.4 Å². The van der Waals surface area contributed by atoms with E-state index in [1.165, 1.54) is 39.2 Å². The Bertz CT molecular complexity index is 1740. The van der Waals surface area contributed by atoms with Gasteiger partial charge >= 0.3 is 0 Å². The zero-order valence-electron chi connectivity index (χ0n) is 26.8. The topological polar surface area (TPSA) is 124 Å². The molecule has 4 aromatic carbocycles. The summed E-state index contributed by atoms with van der Waals surface area (Å²) >= 11 is 1.36. The van der Waals surface area contributed by atoms with Crippen molar-refractivity contribution in [2.45, 2.75) is 23.5 Å². The third-order valence-corrected chi connectivity index (χ3v) is 8.32. The highest BCUT2D eigenvalue weighted by atomic mass is 32.2. The molecule has 0 saturated carbocycles. The summed E-state index contributed by atoms with van der Waals surface area (Å²) < 4.78 is 21.6. The van der Waals surface area contributed by atoms with Crippen molar-refractivity contribution >= 4 is 46.9 Å². The number of hydrogen-bond acceptors (Lipinski definition) is 8. The van der Waals surface area contributed by atoms with Gasteiger partial charge in [-0.15, -0.1) is 11.8 Å². The highest BCUT2D eigenvalue weighted by Crippen LogP contribution is 2.34. The van der Waals surface area contributed by atoms with Crippen LogP contribution in [0, 0.1) is 0 Å². The van der Waals surface area contributed by atoms with E-state index < -0.39 is 17.1 Å². The molecule has 0 aliphatic heterocycles. The van der Waals surface area contributed by atoms with Crippen molar-refractivity contribution in [3.8, 4) is 23.0 Å². The summed E-state index contributed by atoms with van der Waals surface area (Å²) in [6, 6.07) is 26.1. The van der Waals surface area contributed by atoms with Crippen molar-refractivity contribution in [3.63, 3.8) is 0 Å². The number of carbonyl (C=O) groups is 3. The van der Waals surface area contributed by atoms with Gasteiger partial charge in [0, 0.05) is 27.8 Å². The molecule has 244 valence electrons. The fraction of sp³-hybridized carbons (Fsp3) is 0.194. The molecule has 4 aromatic rings. The van der Waals surface area contributed by atoms with Crippen LogP contribution in [0.3, 0.4) is 0 Å². The van der Waals surface area contributed by atoms with Crippen LogP contribution in [-0.2, 0) is 9.59 Å². The van der Waals surface area contributed by atoms with Crippen molar-refractivity contribution in [3.05, 3.63) is 108 Å². The zero-order valence-corrected chi connectivity index (χ0v) is 27.6. The Morgan fingerprint density at radius 2 is 1.51 bits per heavy atom. The van der Waals surface area contributed by atoms with Gasteiger partial charge in [0.2, 0.25) is 5.91 Å². The lowest BCUT2D eigenvalue weighted by molar-refractivity contribution is -0.116. The van der Waals surface area contributed by atoms with Crippen molar-refractivity contribution in [1.82, 2.24) is 5.32 Å². The number of hydrogen-bond donors (Lipinski definition) is 3. The van der Waals surface area contributed by atoms with Crippen LogP contribution in [0.1, 0.15) is 29.3 Å². The lowest BCUT2D eigenvalue weighted by atomic mass is 10.1. The molecular formula is C36H37N3O7S. The maximum Gasteiger partial charge on any atom is 0.272 e. The minimum absolute atomic E-state index is 0.0125. The van der Waals surface area contributed by atoms with Crippen molar-refractivity contribution < 1.29 is 33.3 Å². The lowest BCUT2D eigenvalue weighted by Crippen LogP contribution is -2.30. The summed E-state index contributed by atoms with van der Waals surface area (Å²) in [7, 11) is 6.10. The van der Waals surface area contributed by atoms with E-state index in [-0.39, 0.29) is 11.6 Å². The molecule has 0 heterocycles. The highest BCUT2D eigenvalue weighted by Gasteiger charge is 2.21. The third-order valence-electron chi connectivity index (χ3n) is 6.96. The number of methoxy groups -OCH3 is 4. The fourth-order valence-electron chi connectivity index (χ4n) is 4.58. The first-order valence-corrected chi connectivity index (χ1v) is 15.6. The first-order chi connectivity index (χ1) is 22.8. The summed E-state index contributed by atoms with van der Waals surface area (Å²) in [5.74, 6) is 0.753. The summed E-state index contributed by atoms with van der Waals surface area (Å²) in [6.07, 6.45) is 2.07. The zero-order chi connectivity index (χ0) is 33.8. The van der Waals surface area contributed by atoms with E-state index in [4.69, 9.17) is 18.9 Å². The molecule has 3 N–H and O–H groups in total. The number of ether oxygens (including phenoxy) is 4. The van der Waals surface area contributed by atoms with Gasteiger partial charge in [0.1, 0.15) is 17.2 Å². The molecule has 3 amide bonds. The Labute approximate surface area is 278 Å². The fourth-order valence-corrected chi connectivity index (χ4v) is 5.59. The van der Waals surface area contributed by atoms with Crippen LogP contribution >= 0.6 is 11.8 Å². The van der Waals surface area contributed by atoms with Gasteiger partial charge < -0.3 is 34.9 Å². The van der Waals surface area contributed by atoms with Gasteiger partial charge in [0.15, 0.2) is 11.5 Å². The van der Waals surface area contributed by atoms with E-state index in [0.717, 1.165) is 4.90 Å². The van der Waals surface area contributed by atoms with Crippen LogP contribution in [0.2, 0.25) is 0 Å². The van der Waals surface area contributed by atoms with Gasteiger partial charge in [-0.1, -0.05) is 43.3 Å². The summed E-state index contributed by atoms with van der Waals surface area (Å²) in [5, 5.41) is 8.11. The first kappa shape index (κ1) is 34.5. The first-order valence-electron chi connectivity index (χ1n) is 14.7. The minimum atomic E-state index is -0.559. The van der Waals surface area contributed by atoms with E-state index in [1.807, 2.05) is 13.0 Å². The second-order valence-electron chi connectivity index (χ2n) is 10.0. The Balaban J connectivity index is 1.56. The number of rotatable bonds is 14. The average molecular weight is 656 g/mol. The molecule has 0 aliphatic carbocycles. The van der Waals surface area contributed by atoms with Crippen molar-refractivity contribution in [2.24, 2.45) is 0 Å². The molecular weight excluding hydrogens is 618 g/mol. The maximum atomic E-state index is 13.7. The van der Waals surface area contributed by atoms with Crippen molar-refractivity contribution in [1.29, 1.82) is 0 Å². The van der Waals surface area contributed by atoms with Crippen LogP contribution in [-0.4, -0.2) is 51.4 Å². The largest absolute Gasteiger partial charge is 0.497 e. The Morgan fingerprint density at radius 3 is 2.19 bits per heavy atom. The number of para-hydroxylation sites is 1. The molecule has 11 heteroatoms. The number of thioether (sulfide) groups is 1. The monoisotopic (exact) mass is 655 g/mol. The molecule has 0 spiro atoms. The number of benzene rings is 4. The summed E-state index contributed by atoms with van der Waals surface area (Å²) in [5.41, 5.74) is 1.88. The van der Waals surface area contributed by atoms with Crippen LogP contribution < -0.4 is 34.9 Å². The van der Waals surface area contributed by atoms with Gasteiger partial charge in [-0.3, -0.25) is 14.4 Å². The van der Waals surface area contributed by atoms with E-state index in [0.29, 0.717) is 51.9 Å². The van der Waals surface area contributed by atoms with E-state index in [1.54, 1.807) is 92.0 Å². The molecule has 1 unspecified atom stereocenters. The van der Waals surface area contributed by atoms with E-state index >= 15 is 0 Å². The normalized spacial score (nSPS) is 11.6. The predicted molar refractivity (Wildman–Crippen MR) is 185 cm³/mol. The van der Waals surface area contributed by atoms with Crippen LogP contribution in [0.4, 0.5) is 11.4 Å². The molecule has 0 aromatic heterocycles. The van der Waals surface area contributed by atoms with Crippen molar-refractivity contribution in [2.75, 3.05) is 39.1 Å². The SMILES string of the molecule is CCC(Sc1cccc(NC(=O)/C(=C\c2cccc(OC)c2OC)NC(=O)c2ccccc2)c1)C(=O)Nc1cc(OC)ccc1OC. The van der Waals surface area contributed by atoms with Crippen LogP contribution in [0.15, 0.2) is 102 Å². The minimum Gasteiger partial charge on any atom is -0.497 e. The van der Waals surface area contributed by atoms with Gasteiger partial charge in [0.25, 0.3) is 11.8 Å². The molecule has 0 aliphatic rings. The molecule has 0 radical (unpaired) electrons. The standard InChI is InChI=1S/C36H37N3O7S/c1-6-32(36(42)38-28-22-26(43-2)18-19-30(28)44-3)47-27-16-11-15-25(21-27)37-35(41)29(39-34(40)23-12-8-7-9-13-23)20-24-14-10-17-31(45-4)33(24)46-5/h7-22,32H,6H2,1-5H3,(H,37,41)(H,38,42)(H,39,40)/b29-20+. The quantitative estimate of drug-likeness (QED) is 0.102. The number of carbonyl (C=O) groups excluding carboxylic acids is 3. The van der Waals surface area contributed by atoms with Crippen LogP contribution in [0.25, 0.3) is 6.08 Å². The molecule has 1 atom stereocenters. The number of amides is 3.